The molecular weight excluding hydrogens is 243 g/mol. The van der Waals surface area contributed by atoms with Crippen molar-refractivity contribution in [2.75, 3.05) is 6.61 Å². The van der Waals surface area contributed by atoms with Crippen molar-refractivity contribution in [2.24, 2.45) is 0 Å². The SMILES string of the molecule is Cc1cc(C)c(C(C)NOCC(F)(F)F)c(C)c1. The number of nitrogens with one attached hydrogen (secondary N) is 1. The van der Waals surface area contributed by atoms with E-state index in [2.05, 4.69) is 10.3 Å². The van der Waals surface area contributed by atoms with E-state index in [-0.39, 0.29) is 6.04 Å². The average molecular weight is 261 g/mol. The quantitative estimate of drug-likeness (QED) is 0.833. The predicted molar refractivity (Wildman–Crippen MR) is 64.2 cm³/mol. The van der Waals surface area contributed by atoms with Crippen LogP contribution in [0.4, 0.5) is 13.2 Å². The van der Waals surface area contributed by atoms with Gasteiger partial charge in [-0.3, -0.25) is 4.84 Å². The molecule has 0 saturated carbocycles. The Hall–Kier alpha value is -1.07. The molecule has 0 aliphatic rings. The van der Waals surface area contributed by atoms with Crippen LogP contribution in [0.2, 0.25) is 0 Å². The number of halogens is 3. The Balaban J connectivity index is 2.70. The second-order valence-electron chi connectivity index (χ2n) is 4.56. The van der Waals surface area contributed by atoms with Gasteiger partial charge in [0.15, 0.2) is 6.61 Å². The molecule has 1 atom stereocenters. The molecule has 0 saturated heterocycles. The third-order valence-corrected chi connectivity index (χ3v) is 2.67. The topological polar surface area (TPSA) is 21.3 Å². The van der Waals surface area contributed by atoms with Crippen molar-refractivity contribution in [1.82, 2.24) is 5.48 Å². The maximum Gasteiger partial charge on any atom is 0.413 e. The van der Waals surface area contributed by atoms with Crippen molar-refractivity contribution >= 4 is 0 Å². The molecule has 1 N–H and O–H groups in total. The molecule has 0 amide bonds. The number of hydroxylamine groups is 1. The summed E-state index contributed by atoms with van der Waals surface area (Å²) >= 11 is 0. The van der Waals surface area contributed by atoms with E-state index >= 15 is 0 Å². The molecule has 0 fully saturated rings. The van der Waals surface area contributed by atoms with Crippen molar-refractivity contribution in [3.63, 3.8) is 0 Å². The average Bonchev–Trinajstić information content (AvgIpc) is 2.13. The molecule has 18 heavy (non-hydrogen) atoms. The molecule has 2 nitrogen and oxygen atoms in total. The Kier molecular flexibility index (Phi) is 4.76. The molecule has 0 bridgehead atoms. The van der Waals surface area contributed by atoms with Crippen LogP contribution in [0, 0.1) is 20.8 Å². The van der Waals surface area contributed by atoms with E-state index in [1.165, 1.54) is 0 Å². The highest BCUT2D eigenvalue weighted by Crippen LogP contribution is 2.23. The highest BCUT2D eigenvalue weighted by Gasteiger charge is 2.28. The fraction of sp³-hybridized carbons (Fsp3) is 0.538. The van der Waals surface area contributed by atoms with Crippen molar-refractivity contribution in [3.8, 4) is 0 Å². The second-order valence-corrected chi connectivity index (χ2v) is 4.56. The fourth-order valence-electron chi connectivity index (χ4n) is 2.18. The summed E-state index contributed by atoms with van der Waals surface area (Å²) < 4.78 is 35.9. The van der Waals surface area contributed by atoms with Crippen LogP contribution in [0.3, 0.4) is 0 Å². The molecule has 1 unspecified atom stereocenters. The lowest BCUT2D eigenvalue weighted by Crippen LogP contribution is -2.27. The largest absolute Gasteiger partial charge is 0.413 e. The van der Waals surface area contributed by atoms with Crippen molar-refractivity contribution in [3.05, 3.63) is 34.4 Å². The van der Waals surface area contributed by atoms with Gasteiger partial charge in [-0.25, -0.2) is 0 Å². The van der Waals surface area contributed by atoms with E-state index < -0.39 is 12.8 Å². The third kappa shape index (κ3) is 4.31. The number of benzene rings is 1. The van der Waals surface area contributed by atoms with Gasteiger partial charge < -0.3 is 0 Å². The van der Waals surface area contributed by atoms with E-state index in [9.17, 15) is 13.2 Å². The zero-order chi connectivity index (χ0) is 13.9. The van der Waals surface area contributed by atoms with Crippen molar-refractivity contribution < 1.29 is 18.0 Å². The van der Waals surface area contributed by atoms with Crippen molar-refractivity contribution in [2.45, 2.75) is 39.9 Å². The molecule has 1 aromatic rings. The smallest absolute Gasteiger partial charge is 0.292 e. The summed E-state index contributed by atoms with van der Waals surface area (Å²) in [5, 5.41) is 0. The Morgan fingerprint density at radius 2 is 1.67 bits per heavy atom. The van der Waals surface area contributed by atoms with Gasteiger partial charge in [0, 0.05) is 0 Å². The number of hydrogen-bond acceptors (Lipinski definition) is 2. The van der Waals surface area contributed by atoms with Gasteiger partial charge in [-0.2, -0.15) is 18.7 Å². The summed E-state index contributed by atoms with van der Waals surface area (Å²) in [6, 6.07) is 3.72. The highest BCUT2D eigenvalue weighted by molar-refractivity contribution is 5.39. The van der Waals surface area contributed by atoms with Crippen LogP contribution in [-0.4, -0.2) is 12.8 Å². The number of rotatable bonds is 4. The van der Waals surface area contributed by atoms with Crippen molar-refractivity contribution in [1.29, 1.82) is 0 Å². The molecule has 102 valence electrons. The number of hydrogen-bond donors (Lipinski definition) is 1. The van der Waals surface area contributed by atoms with Gasteiger partial charge in [0.1, 0.15) is 0 Å². The minimum absolute atomic E-state index is 0.284. The normalized spacial score (nSPS) is 13.7. The molecule has 5 heteroatoms. The van der Waals surface area contributed by atoms with E-state index in [1.807, 2.05) is 32.9 Å². The summed E-state index contributed by atoms with van der Waals surface area (Å²) in [5.41, 5.74) is 6.64. The molecule has 0 heterocycles. The molecule has 0 radical (unpaired) electrons. The van der Waals surface area contributed by atoms with Gasteiger partial charge in [0.25, 0.3) is 0 Å². The van der Waals surface area contributed by atoms with Gasteiger partial charge in [-0.05, 0) is 44.4 Å². The van der Waals surface area contributed by atoms with Gasteiger partial charge in [-0.1, -0.05) is 17.7 Å². The Morgan fingerprint density at radius 1 is 1.17 bits per heavy atom. The summed E-state index contributed by atoms with van der Waals surface area (Å²) in [6.45, 7) is 6.36. The number of alkyl halides is 3. The summed E-state index contributed by atoms with van der Waals surface area (Å²) in [5.74, 6) is 0. The van der Waals surface area contributed by atoms with E-state index in [1.54, 1.807) is 6.92 Å². The minimum atomic E-state index is -4.32. The zero-order valence-electron chi connectivity index (χ0n) is 11.0. The van der Waals surface area contributed by atoms with E-state index in [4.69, 9.17) is 0 Å². The molecule has 0 aliphatic carbocycles. The molecule has 0 aliphatic heterocycles. The van der Waals surface area contributed by atoms with Gasteiger partial charge in [0.2, 0.25) is 0 Å². The lowest BCUT2D eigenvalue weighted by Gasteiger charge is -2.20. The molecule has 0 aromatic heterocycles. The first-order chi connectivity index (χ1) is 8.20. The molecule has 1 aromatic carbocycles. The summed E-state index contributed by atoms with van der Waals surface area (Å²) in [7, 11) is 0. The standard InChI is InChI=1S/C13H18F3NO/c1-8-5-9(2)12(10(3)6-8)11(4)17-18-7-13(14,15)16/h5-6,11,17H,7H2,1-4H3. The third-order valence-electron chi connectivity index (χ3n) is 2.67. The Morgan fingerprint density at radius 3 is 2.11 bits per heavy atom. The van der Waals surface area contributed by atoms with Crippen LogP contribution in [0.5, 0.6) is 0 Å². The first-order valence-electron chi connectivity index (χ1n) is 5.72. The van der Waals surface area contributed by atoms with E-state index in [0.717, 1.165) is 22.3 Å². The monoisotopic (exact) mass is 261 g/mol. The first-order valence-corrected chi connectivity index (χ1v) is 5.72. The lowest BCUT2D eigenvalue weighted by molar-refractivity contribution is -0.192. The Labute approximate surface area is 105 Å². The second kappa shape index (κ2) is 5.71. The summed E-state index contributed by atoms with van der Waals surface area (Å²) in [4.78, 5) is 4.48. The molecule has 1 rings (SSSR count). The van der Waals surface area contributed by atoms with Crippen LogP contribution in [0.1, 0.15) is 35.2 Å². The van der Waals surface area contributed by atoms with Crippen LogP contribution < -0.4 is 5.48 Å². The van der Waals surface area contributed by atoms with Gasteiger partial charge >= 0.3 is 6.18 Å². The van der Waals surface area contributed by atoms with Crippen LogP contribution in [0.25, 0.3) is 0 Å². The first kappa shape index (κ1) is 15.0. The fourth-order valence-corrected chi connectivity index (χ4v) is 2.18. The maximum absolute atomic E-state index is 12.0. The van der Waals surface area contributed by atoms with E-state index in [0.29, 0.717) is 0 Å². The minimum Gasteiger partial charge on any atom is -0.292 e. The summed E-state index contributed by atoms with van der Waals surface area (Å²) in [6.07, 6.45) is -4.32. The zero-order valence-corrected chi connectivity index (χ0v) is 11.0. The predicted octanol–water partition coefficient (Wildman–Crippen LogP) is 3.76. The molecular formula is C13H18F3NO. The molecule has 0 spiro atoms. The van der Waals surface area contributed by atoms with Crippen LogP contribution >= 0.6 is 0 Å². The highest BCUT2D eigenvalue weighted by atomic mass is 19.4. The Bertz CT molecular complexity index is 392. The lowest BCUT2D eigenvalue weighted by atomic mass is 9.95. The van der Waals surface area contributed by atoms with Crippen LogP contribution in [0.15, 0.2) is 12.1 Å². The van der Waals surface area contributed by atoms with Crippen LogP contribution in [-0.2, 0) is 4.84 Å². The van der Waals surface area contributed by atoms with Gasteiger partial charge in [-0.15, -0.1) is 0 Å². The maximum atomic E-state index is 12.0. The number of aryl methyl sites for hydroxylation is 3. The van der Waals surface area contributed by atoms with Gasteiger partial charge in [0.05, 0.1) is 6.04 Å².